The van der Waals surface area contributed by atoms with Gasteiger partial charge in [0.1, 0.15) is 12.1 Å². The van der Waals surface area contributed by atoms with Crippen LogP contribution in [0.1, 0.15) is 50.2 Å². The minimum Gasteiger partial charge on any atom is -0.341 e. The zero-order chi connectivity index (χ0) is 19.0. The first-order chi connectivity index (χ1) is 13.0. The number of urea groups is 1. The predicted octanol–water partition coefficient (Wildman–Crippen LogP) is 2.42. The third-order valence-corrected chi connectivity index (χ3v) is 5.97. The fraction of sp³-hybridized carbons (Fsp3) is 0.571. The van der Waals surface area contributed by atoms with E-state index < -0.39 is 11.6 Å². The van der Waals surface area contributed by atoms with Crippen LogP contribution in [0, 0.1) is 5.92 Å². The van der Waals surface area contributed by atoms with Crippen LogP contribution in [-0.4, -0.2) is 47.3 Å². The summed E-state index contributed by atoms with van der Waals surface area (Å²) in [4.78, 5) is 41.7. The zero-order valence-corrected chi connectivity index (χ0v) is 15.9. The average molecular weight is 369 g/mol. The molecule has 27 heavy (non-hydrogen) atoms. The Hall–Kier alpha value is -2.37. The van der Waals surface area contributed by atoms with Crippen LogP contribution in [0.15, 0.2) is 24.3 Å². The van der Waals surface area contributed by atoms with Crippen molar-refractivity contribution in [3.8, 4) is 0 Å². The van der Waals surface area contributed by atoms with Crippen LogP contribution in [0.5, 0.6) is 0 Å². The summed E-state index contributed by atoms with van der Waals surface area (Å²) in [6, 6.07) is 7.35. The summed E-state index contributed by atoms with van der Waals surface area (Å²) in [7, 11) is 0. The molecule has 144 valence electrons. The summed E-state index contributed by atoms with van der Waals surface area (Å²) in [5.74, 6) is 0.171. The minimum absolute atomic E-state index is 0.131. The molecule has 1 spiro atoms. The second-order valence-electron chi connectivity index (χ2n) is 8.02. The lowest BCUT2D eigenvalue weighted by Gasteiger charge is -2.33. The summed E-state index contributed by atoms with van der Waals surface area (Å²) in [6.07, 6.45) is 5.53. The van der Waals surface area contributed by atoms with Gasteiger partial charge in [0.05, 0.1) is 0 Å². The maximum atomic E-state index is 13.3. The summed E-state index contributed by atoms with van der Waals surface area (Å²) < 4.78 is 0. The molecule has 2 aliphatic carbocycles. The van der Waals surface area contributed by atoms with Gasteiger partial charge < -0.3 is 10.2 Å². The van der Waals surface area contributed by atoms with Crippen LogP contribution in [0.2, 0.25) is 0 Å². The average Bonchev–Trinajstić information content (AvgIpc) is 3.45. The maximum Gasteiger partial charge on any atom is 0.325 e. The topological polar surface area (TPSA) is 69.7 Å². The molecule has 6 heteroatoms. The monoisotopic (exact) mass is 369 g/mol. The standard InChI is InChI=1S/C21H27N3O3/c1-2-12-23(13-15-9-10-15)18(25)14-24-19(26)21(22-20(24)27)11-5-7-16-6-3-4-8-17(16)21/h3-4,6,8,15H,2,5,7,9-14H2,1H3,(H,22,27). The molecule has 3 aliphatic rings. The van der Waals surface area contributed by atoms with Crippen molar-refractivity contribution in [2.45, 2.75) is 51.0 Å². The summed E-state index contributed by atoms with van der Waals surface area (Å²) in [5, 5.41) is 2.92. The van der Waals surface area contributed by atoms with Crippen molar-refractivity contribution in [1.29, 1.82) is 0 Å². The van der Waals surface area contributed by atoms with Gasteiger partial charge in [0.15, 0.2) is 0 Å². The summed E-state index contributed by atoms with van der Waals surface area (Å²) in [6.45, 7) is 3.29. The number of carbonyl (C=O) groups excluding carboxylic acids is 3. The van der Waals surface area contributed by atoms with Gasteiger partial charge in [-0.1, -0.05) is 31.2 Å². The van der Waals surface area contributed by atoms with Crippen molar-refractivity contribution in [2.75, 3.05) is 19.6 Å². The zero-order valence-electron chi connectivity index (χ0n) is 15.9. The minimum atomic E-state index is -1.00. The molecule has 0 bridgehead atoms. The first-order valence-electron chi connectivity index (χ1n) is 10.1. The van der Waals surface area contributed by atoms with Gasteiger partial charge >= 0.3 is 6.03 Å². The molecule has 1 aromatic carbocycles. The molecule has 6 nitrogen and oxygen atoms in total. The number of hydrogen-bond donors (Lipinski definition) is 1. The largest absolute Gasteiger partial charge is 0.341 e. The highest BCUT2D eigenvalue weighted by Gasteiger charge is 2.54. The number of benzene rings is 1. The number of rotatable bonds is 6. The number of hydrogen-bond acceptors (Lipinski definition) is 3. The molecule has 1 unspecified atom stereocenters. The third kappa shape index (κ3) is 3.22. The van der Waals surface area contributed by atoms with Crippen molar-refractivity contribution < 1.29 is 14.4 Å². The highest BCUT2D eigenvalue weighted by Crippen LogP contribution is 2.40. The normalized spacial score (nSPS) is 24.1. The van der Waals surface area contributed by atoms with Crippen molar-refractivity contribution >= 4 is 17.8 Å². The van der Waals surface area contributed by atoms with E-state index in [2.05, 4.69) is 5.32 Å². The lowest BCUT2D eigenvalue weighted by molar-refractivity contribution is -0.139. The maximum absolute atomic E-state index is 13.3. The number of nitrogens with one attached hydrogen (secondary N) is 1. The lowest BCUT2D eigenvalue weighted by Crippen LogP contribution is -2.47. The number of aryl methyl sites for hydroxylation is 1. The van der Waals surface area contributed by atoms with Crippen LogP contribution in [0.25, 0.3) is 0 Å². The third-order valence-electron chi connectivity index (χ3n) is 5.97. The number of amides is 4. The summed E-state index contributed by atoms with van der Waals surface area (Å²) in [5.41, 5.74) is 0.984. The van der Waals surface area contributed by atoms with E-state index in [9.17, 15) is 14.4 Å². The Balaban J connectivity index is 1.54. The van der Waals surface area contributed by atoms with E-state index >= 15 is 0 Å². The molecule has 1 heterocycles. The number of carbonyl (C=O) groups is 3. The van der Waals surface area contributed by atoms with Crippen LogP contribution in [0.3, 0.4) is 0 Å². The molecule has 1 N–H and O–H groups in total. The Labute approximate surface area is 159 Å². The molecular weight excluding hydrogens is 342 g/mol. The molecule has 1 aliphatic heterocycles. The van der Waals surface area contributed by atoms with Gasteiger partial charge in [-0.05, 0) is 55.6 Å². The summed E-state index contributed by atoms with van der Waals surface area (Å²) >= 11 is 0. The molecule has 4 amide bonds. The van der Waals surface area contributed by atoms with Crippen LogP contribution in [0.4, 0.5) is 4.79 Å². The predicted molar refractivity (Wildman–Crippen MR) is 101 cm³/mol. The fourth-order valence-electron chi connectivity index (χ4n) is 4.39. The molecule has 0 aromatic heterocycles. The molecule has 1 saturated carbocycles. The quantitative estimate of drug-likeness (QED) is 0.783. The first kappa shape index (κ1) is 18.0. The van der Waals surface area contributed by atoms with Gasteiger partial charge in [0.25, 0.3) is 5.91 Å². The van der Waals surface area contributed by atoms with E-state index in [1.807, 2.05) is 36.1 Å². The molecule has 1 saturated heterocycles. The van der Waals surface area contributed by atoms with Gasteiger partial charge in [-0.25, -0.2) is 4.79 Å². The molecule has 0 radical (unpaired) electrons. The van der Waals surface area contributed by atoms with Crippen LogP contribution >= 0.6 is 0 Å². The molecular formula is C21H27N3O3. The smallest absolute Gasteiger partial charge is 0.325 e. The Bertz CT molecular complexity index is 774. The second kappa shape index (κ2) is 6.98. The first-order valence-corrected chi connectivity index (χ1v) is 10.1. The number of imide groups is 1. The van der Waals surface area contributed by atoms with Crippen LogP contribution in [-0.2, 0) is 21.5 Å². The Morgan fingerprint density at radius 1 is 1.30 bits per heavy atom. The number of fused-ring (bicyclic) bond motifs is 2. The fourth-order valence-corrected chi connectivity index (χ4v) is 4.39. The van der Waals surface area contributed by atoms with E-state index in [1.165, 1.54) is 0 Å². The van der Waals surface area contributed by atoms with Gasteiger partial charge in [-0.15, -0.1) is 0 Å². The highest BCUT2D eigenvalue weighted by atomic mass is 16.2. The molecule has 2 fully saturated rings. The van der Waals surface area contributed by atoms with Gasteiger partial charge in [0.2, 0.25) is 5.91 Å². The second-order valence-corrected chi connectivity index (χ2v) is 8.02. The van der Waals surface area contributed by atoms with Gasteiger partial charge in [0, 0.05) is 13.1 Å². The van der Waals surface area contributed by atoms with Crippen molar-refractivity contribution in [3.63, 3.8) is 0 Å². The van der Waals surface area contributed by atoms with Crippen molar-refractivity contribution in [3.05, 3.63) is 35.4 Å². The van der Waals surface area contributed by atoms with Crippen molar-refractivity contribution in [1.82, 2.24) is 15.1 Å². The van der Waals surface area contributed by atoms with E-state index in [0.717, 1.165) is 54.7 Å². The van der Waals surface area contributed by atoms with Gasteiger partial charge in [-0.3, -0.25) is 14.5 Å². The van der Waals surface area contributed by atoms with Crippen molar-refractivity contribution in [2.24, 2.45) is 5.92 Å². The number of nitrogens with zero attached hydrogens (tertiary/aromatic N) is 2. The molecule has 4 rings (SSSR count). The van der Waals surface area contributed by atoms with E-state index in [1.54, 1.807) is 0 Å². The Morgan fingerprint density at radius 2 is 2.07 bits per heavy atom. The highest BCUT2D eigenvalue weighted by molar-refractivity contribution is 6.09. The van der Waals surface area contributed by atoms with E-state index in [4.69, 9.17) is 0 Å². The van der Waals surface area contributed by atoms with E-state index in [0.29, 0.717) is 18.9 Å². The van der Waals surface area contributed by atoms with E-state index in [-0.39, 0.29) is 18.4 Å². The molecule has 1 aromatic rings. The van der Waals surface area contributed by atoms with Gasteiger partial charge in [-0.2, -0.15) is 0 Å². The Kier molecular flexibility index (Phi) is 4.66. The Morgan fingerprint density at radius 3 is 2.81 bits per heavy atom. The SMILES string of the molecule is CCCN(CC1CC1)C(=O)CN1C(=O)NC2(CCCc3ccccc32)C1=O. The lowest BCUT2D eigenvalue weighted by atomic mass is 9.76. The van der Waals surface area contributed by atoms with Crippen LogP contribution < -0.4 is 5.32 Å². The molecule has 1 atom stereocenters.